The molecule has 0 radical (unpaired) electrons. The molecule has 0 atom stereocenters. The van der Waals surface area contributed by atoms with E-state index in [1.165, 1.54) is 6.07 Å². The minimum absolute atomic E-state index is 0.00923. The van der Waals surface area contributed by atoms with Crippen LogP contribution in [0.4, 0.5) is 11.5 Å². The number of carbonyl (C=O) groups is 1. The highest BCUT2D eigenvalue weighted by molar-refractivity contribution is 6.29. The smallest absolute Gasteiger partial charge is 0.315 e. The van der Waals surface area contributed by atoms with Gasteiger partial charge in [0.25, 0.3) is 0 Å². The maximum absolute atomic E-state index is 11.4. The first-order valence-electron chi connectivity index (χ1n) is 7.63. The Labute approximate surface area is 153 Å². The Morgan fingerprint density at radius 3 is 2.85 bits per heavy atom. The highest BCUT2D eigenvalue weighted by atomic mass is 35.5. The Kier molecular flexibility index (Phi) is 4.94. The molecule has 0 spiro atoms. The van der Waals surface area contributed by atoms with Gasteiger partial charge in [0.15, 0.2) is 0 Å². The van der Waals surface area contributed by atoms with Crippen molar-refractivity contribution in [3.8, 4) is 0 Å². The molecule has 1 aromatic carbocycles. The quantitative estimate of drug-likeness (QED) is 0.390. The highest BCUT2D eigenvalue weighted by Gasteiger charge is 2.23. The van der Waals surface area contributed by atoms with E-state index < -0.39 is 10.8 Å². The minimum Gasteiger partial charge on any atom is -0.369 e. The molecule has 1 amide bonds. The van der Waals surface area contributed by atoms with Crippen LogP contribution >= 0.6 is 11.6 Å². The average molecular weight is 372 g/mol. The SMILES string of the molecule is NC(=O)Cc1cc(Cl)nc(NCc2ccc3ncccc3c2)c1[N+](=O)[O-]. The molecule has 3 rings (SSSR count). The number of nitro groups is 1. The molecule has 132 valence electrons. The minimum atomic E-state index is -0.691. The van der Waals surface area contributed by atoms with Gasteiger partial charge in [0.2, 0.25) is 11.7 Å². The third-order valence-corrected chi connectivity index (χ3v) is 3.91. The zero-order chi connectivity index (χ0) is 18.7. The lowest BCUT2D eigenvalue weighted by Crippen LogP contribution is -2.16. The Hall–Kier alpha value is -3.26. The molecule has 9 heteroatoms. The van der Waals surface area contributed by atoms with Crippen LogP contribution in [-0.2, 0) is 17.8 Å². The summed E-state index contributed by atoms with van der Waals surface area (Å²) in [4.78, 5) is 30.3. The molecule has 8 nitrogen and oxygen atoms in total. The summed E-state index contributed by atoms with van der Waals surface area (Å²) in [6, 6.07) is 10.7. The van der Waals surface area contributed by atoms with Gasteiger partial charge in [-0.3, -0.25) is 19.9 Å². The van der Waals surface area contributed by atoms with Crippen molar-refractivity contribution in [3.63, 3.8) is 0 Å². The third kappa shape index (κ3) is 3.86. The van der Waals surface area contributed by atoms with Crippen LogP contribution in [0.2, 0.25) is 5.15 Å². The topological polar surface area (TPSA) is 124 Å². The molecular formula is C17H14ClN5O3. The predicted molar refractivity (Wildman–Crippen MR) is 97.9 cm³/mol. The van der Waals surface area contributed by atoms with Crippen LogP contribution in [0.1, 0.15) is 11.1 Å². The van der Waals surface area contributed by atoms with Gasteiger partial charge in [0.1, 0.15) is 5.15 Å². The lowest BCUT2D eigenvalue weighted by Gasteiger charge is -2.10. The van der Waals surface area contributed by atoms with E-state index in [0.29, 0.717) is 0 Å². The third-order valence-electron chi connectivity index (χ3n) is 3.72. The molecule has 0 saturated heterocycles. The molecule has 2 aromatic heterocycles. The van der Waals surface area contributed by atoms with E-state index in [1.54, 1.807) is 6.20 Å². The van der Waals surface area contributed by atoms with Crippen molar-refractivity contribution in [3.05, 3.63) is 69.0 Å². The van der Waals surface area contributed by atoms with E-state index in [1.807, 2.05) is 30.3 Å². The molecule has 0 aliphatic carbocycles. The summed E-state index contributed by atoms with van der Waals surface area (Å²) in [6.07, 6.45) is 1.41. The van der Waals surface area contributed by atoms with Crippen molar-refractivity contribution < 1.29 is 9.72 Å². The molecule has 0 bridgehead atoms. The molecular weight excluding hydrogens is 358 g/mol. The lowest BCUT2D eigenvalue weighted by atomic mass is 10.1. The standard InChI is InChI=1S/C17H14ClN5O3/c18-14-7-12(8-15(19)24)16(23(25)26)17(22-14)21-9-10-3-4-13-11(6-10)2-1-5-20-13/h1-7H,8-9H2,(H2,19,24)(H,21,22). The second kappa shape index (κ2) is 7.32. The van der Waals surface area contributed by atoms with Crippen molar-refractivity contribution >= 4 is 39.9 Å². The highest BCUT2D eigenvalue weighted by Crippen LogP contribution is 2.30. The Bertz CT molecular complexity index is 1010. The second-order valence-corrected chi connectivity index (χ2v) is 5.97. The van der Waals surface area contributed by atoms with E-state index in [0.717, 1.165) is 16.5 Å². The van der Waals surface area contributed by atoms with Crippen molar-refractivity contribution in [2.24, 2.45) is 5.73 Å². The molecule has 26 heavy (non-hydrogen) atoms. The molecule has 2 heterocycles. The first-order chi connectivity index (χ1) is 12.4. The molecule has 3 N–H and O–H groups in total. The van der Waals surface area contributed by atoms with Gasteiger partial charge in [-0.05, 0) is 29.8 Å². The monoisotopic (exact) mass is 371 g/mol. The number of halogens is 1. The summed E-state index contributed by atoms with van der Waals surface area (Å²) in [7, 11) is 0. The van der Waals surface area contributed by atoms with Crippen LogP contribution in [-0.4, -0.2) is 20.8 Å². The van der Waals surface area contributed by atoms with Gasteiger partial charge in [0.05, 0.1) is 16.9 Å². The summed E-state index contributed by atoms with van der Waals surface area (Å²) in [5.41, 5.74) is 6.71. The Morgan fingerprint density at radius 2 is 2.12 bits per heavy atom. The number of fused-ring (bicyclic) bond motifs is 1. The summed E-state index contributed by atoms with van der Waals surface area (Å²) >= 11 is 5.94. The first kappa shape index (κ1) is 17.6. The van der Waals surface area contributed by atoms with Gasteiger partial charge < -0.3 is 11.1 Å². The summed E-state index contributed by atoms with van der Waals surface area (Å²) < 4.78 is 0. The average Bonchev–Trinajstić information content (AvgIpc) is 2.58. The van der Waals surface area contributed by atoms with Crippen LogP contribution in [0.25, 0.3) is 10.9 Å². The van der Waals surface area contributed by atoms with Crippen molar-refractivity contribution in [2.45, 2.75) is 13.0 Å². The molecule has 0 aliphatic heterocycles. The first-order valence-corrected chi connectivity index (χ1v) is 8.01. The van der Waals surface area contributed by atoms with Gasteiger partial charge in [-0.1, -0.05) is 23.7 Å². The number of anilines is 1. The van der Waals surface area contributed by atoms with Gasteiger partial charge in [-0.25, -0.2) is 4.98 Å². The number of amides is 1. The van der Waals surface area contributed by atoms with Gasteiger partial charge in [-0.15, -0.1) is 0 Å². The number of pyridine rings is 2. The largest absolute Gasteiger partial charge is 0.369 e. The Balaban J connectivity index is 1.91. The number of nitrogens with zero attached hydrogens (tertiary/aromatic N) is 3. The van der Waals surface area contributed by atoms with Crippen molar-refractivity contribution in [1.29, 1.82) is 0 Å². The number of rotatable bonds is 6. The molecule has 3 aromatic rings. The van der Waals surface area contributed by atoms with E-state index in [4.69, 9.17) is 17.3 Å². The van der Waals surface area contributed by atoms with Crippen LogP contribution in [0, 0.1) is 10.1 Å². The Morgan fingerprint density at radius 1 is 1.31 bits per heavy atom. The number of aromatic nitrogens is 2. The number of carbonyl (C=O) groups excluding carboxylic acids is 1. The summed E-state index contributed by atoms with van der Waals surface area (Å²) in [6.45, 7) is 0.287. The maximum atomic E-state index is 11.4. The number of nitrogens with two attached hydrogens (primary N) is 1. The van der Waals surface area contributed by atoms with E-state index >= 15 is 0 Å². The fraction of sp³-hybridized carbons (Fsp3) is 0.118. The fourth-order valence-electron chi connectivity index (χ4n) is 2.63. The fourth-order valence-corrected chi connectivity index (χ4v) is 2.84. The predicted octanol–water partition coefficient (Wildman–Crippen LogP) is 2.83. The number of hydrogen-bond acceptors (Lipinski definition) is 6. The lowest BCUT2D eigenvalue weighted by molar-refractivity contribution is -0.384. The summed E-state index contributed by atoms with van der Waals surface area (Å²) in [5.74, 6) is -0.701. The van der Waals surface area contributed by atoms with Crippen LogP contribution in [0.15, 0.2) is 42.6 Å². The van der Waals surface area contributed by atoms with Crippen LogP contribution in [0.3, 0.4) is 0 Å². The van der Waals surface area contributed by atoms with Gasteiger partial charge in [-0.2, -0.15) is 0 Å². The maximum Gasteiger partial charge on any atom is 0.315 e. The molecule has 0 fully saturated rings. The summed E-state index contributed by atoms with van der Waals surface area (Å²) in [5, 5.41) is 15.4. The van der Waals surface area contributed by atoms with E-state index in [9.17, 15) is 14.9 Å². The number of benzene rings is 1. The number of hydrogen-bond donors (Lipinski definition) is 2. The van der Waals surface area contributed by atoms with E-state index in [2.05, 4.69) is 15.3 Å². The zero-order valence-electron chi connectivity index (χ0n) is 13.5. The molecule has 0 unspecified atom stereocenters. The molecule has 0 aliphatic rings. The normalized spacial score (nSPS) is 10.7. The van der Waals surface area contributed by atoms with Crippen LogP contribution in [0.5, 0.6) is 0 Å². The van der Waals surface area contributed by atoms with Gasteiger partial charge in [0, 0.05) is 23.7 Å². The van der Waals surface area contributed by atoms with Crippen molar-refractivity contribution in [2.75, 3.05) is 5.32 Å². The van der Waals surface area contributed by atoms with Crippen molar-refractivity contribution in [1.82, 2.24) is 9.97 Å². The molecule has 0 saturated carbocycles. The number of primary amides is 1. The zero-order valence-corrected chi connectivity index (χ0v) is 14.2. The number of nitrogens with one attached hydrogen (secondary N) is 1. The second-order valence-electron chi connectivity index (χ2n) is 5.59. The van der Waals surface area contributed by atoms with Gasteiger partial charge >= 0.3 is 5.69 Å². The van der Waals surface area contributed by atoms with E-state index in [-0.39, 0.29) is 35.2 Å². The van der Waals surface area contributed by atoms with Crippen LogP contribution < -0.4 is 11.1 Å².